The average molecular weight is 273 g/mol. The van der Waals surface area contributed by atoms with Gasteiger partial charge < -0.3 is 9.84 Å². The molecular formula is C16H23N3O. The number of anilines is 1. The van der Waals surface area contributed by atoms with Crippen molar-refractivity contribution in [2.24, 2.45) is 0 Å². The largest absolute Gasteiger partial charge is 0.378 e. The van der Waals surface area contributed by atoms with Crippen LogP contribution in [0.2, 0.25) is 0 Å². The Labute approximate surface area is 120 Å². The van der Waals surface area contributed by atoms with Gasteiger partial charge in [0.15, 0.2) is 5.82 Å². The van der Waals surface area contributed by atoms with Crippen molar-refractivity contribution < 1.29 is 4.52 Å². The Morgan fingerprint density at radius 2 is 1.80 bits per heavy atom. The second kappa shape index (κ2) is 5.65. The number of nitrogens with zero attached hydrogens (tertiary/aromatic N) is 2. The monoisotopic (exact) mass is 273 g/mol. The van der Waals surface area contributed by atoms with Gasteiger partial charge in [0.1, 0.15) is 0 Å². The summed E-state index contributed by atoms with van der Waals surface area (Å²) in [5.41, 5.74) is 2.30. The highest BCUT2D eigenvalue weighted by Crippen LogP contribution is 2.20. The molecule has 20 heavy (non-hydrogen) atoms. The van der Waals surface area contributed by atoms with Gasteiger partial charge in [-0.2, -0.15) is 4.98 Å². The molecule has 0 amide bonds. The molecule has 1 aromatic carbocycles. The summed E-state index contributed by atoms with van der Waals surface area (Å²) < 4.78 is 5.27. The maximum absolute atomic E-state index is 5.27. The highest BCUT2D eigenvalue weighted by molar-refractivity contribution is 5.45. The first-order valence-electron chi connectivity index (χ1n) is 7.03. The van der Waals surface area contributed by atoms with Crippen molar-refractivity contribution in [3.05, 3.63) is 41.5 Å². The van der Waals surface area contributed by atoms with Crippen LogP contribution in [0.1, 0.15) is 57.8 Å². The molecule has 0 saturated heterocycles. The number of aromatic nitrogens is 2. The van der Waals surface area contributed by atoms with E-state index >= 15 is 0 Å². The summed E-state index contributed by atoms with van der Waals surface area (Å²) >= 11 is 0. The molecule has 0 atom stereocenters. The normalized spacial score (nSPS) is 11.9. The fraction of sp³-hybridized carbons (Fsp3) is 0.500. The molecule has 0 aliphatic carbocycles. The van der Waals surface area contributed by atoms with Gasteiger partial charge in [0, 0.05) is 11.1 Å². The van der Waals surface area contributed by atoms with Crippen molar-refractivity contribution in [1.82, 2.24) is 10.1 Å². The molecule has 4 heteroatoms. The molecular weight excluding hydrogens is 250 g/mol. The van der Waals surface area contributed by atoms with Crippen LogP contribution in [0, 0.1) is 0 Å². The highest BCUT2D eigenvalue weighted by Gasteiger charge is 2.21. The van der Waals surface area contributed by atoms with Crippen LogP contribution in [0.15, 0.2) is 28.8 Å². The highest BCUT2D eigenvalue weighted by atomic mass is 16.5. The molecule has 108 valence electrons. The molecule has 1 aromatic heterocycles. The first-order valence-corrected chi connectivity index (χ1v) is 7.03. The lowest BCUT2D eigenvalue weighted by Crippen LogP contribution is -2.11. The predicted molar refractivity (Wildman–Crippen MR) is 80.9 cm³/mol. The van der Waals surface area contributed by atoms with Gasteiger partial charge in [-0.3, -0.25) is 0 Å². The Morgan fingerprint density at radius 3 is 2.30 bits per heavy atom. The third-order valence-corrected chi connectivity index (χ3v) is 3.14. The van der Waals surface area contributed by atoms with Crippen LogP contribution in [0.25, 0.3) is 0 Å². The van der Waals surface area contributed by atoms with E-state index < -0.39 is 0 Å². The van der Waals surface area contributed by atoms with Gasteiger partial charge >= 0.3 is 0 Å². The zero-order chi connectivity index (χ0) is 14.8. The Hall–Kier alpha value is -1.84. The third-order valence-electron chi connectivity index (χ3n) is 3.14. The van der Waals surface area contributed by atoms with E-state index in [1.54, 1.807) is 0 Å². The fourth-order valence-electron chi connectivity index (χ4n) is 1.80. The molecule has 0 radical (unpaired) electrons. The average Bonchev–Trinajstić information content (AvgIpc) is 2.85. The summed E-state index contributed by atoms with van der Waals surface area (Å²) in [7, 11) is 0. The molecule has 0 unspecified atom stereocenters. The van der Waals surface area contributed by atoms with E-state index in [0.717, 1.165) is 5.69 Å². The maximum Gasteiger partial charge on any atom is 0.232 e. The Kier molecular flexibility index (Phi) is 4.12. The number of benzene rings is 1. The van der Waals surface area contributed by atoms with Crippen LogP contribution in [0.3, 0.4) is 0 Å². The second-order valence-corrected chi connectivity index (χ2v) is 6.40. The number of hydrogen-bond donors (Lipinski definition) is 1. The minimum absolute atomic E-state index is 0.107. The van der Waals surface area contributed by atoms with E-state index in [2.05, 4.69) is 74.3 Å². The van der Waals surface area contributed by atoms with Gasteiger partial charge in [-0.15, -0.1) is 0 Å². The van der Waals surface area contributed by atoms with E-state index in [-0.39, 0.29) is 5.41 Å². The molecule has 2 rings (SSSR count). The van der Waals surface area contributed by atoms with Gasteiger partial charge in [-0.25, -0.2) is 0 Å². The summed E-state index contributed by atoms with van der Waals surface area (Å²) in [6.07, 6.45) is 0. The van der Waals surface area contributed by atoms with E-state index in [9.17, 15) is 0 Å². The summed E-state index contributed by atoms with van der Waals surface area (Å²) in [6.45, 7) is 11.1. The lowest BCUT2D eigenvalue weighted by molar-refractivity contribution is 0.318. The van der Waals surface area contributed by atoms with E-state index in [1.807, 2.05) is 0 Å². The summed E-state index contributed by atoms with van der Waals surface area (Å²) in [4.78, 5) is 4.40. The zero-order valence-corrected chi connectivity index (χ0v) is 12.9. The molecule has 0 spiro atoms. The van der Waals surface area contributed by atoms with E-state index in [0.29, 0.717) is 24.2 Å². The van der Waals surface area contributed by atoms with Crippen LogP contribution in [0.4, 0.5) is 5.69 Å². The van der Waals surface area contributed by atoms with Gasteiger partial charge in [-0.05, 0) is 23.6 Å². The van der Waals surface area contributed by atoms with Gasteiger partial charge in [-0.1, -0.05) is 51.9 Å². The summed E-state index contributed by atoms with van der Waals surface area (Å²) in [5.74, 6) is 1.91. The van der Waals surface area contributed by atoms with Crippen LogP contribution in [-0.2, 0) is 12.0 Å². The van der Waals surface area contributed by atoms with Gasteiger partial charge in [0.25, 0.3) is 0 Å². The van der Waals surface area contributed by atoms with Crippen molar-refractivity contribution in [2.75, 3.05) is 5.32 Å². The minimum atomic E-state index is -0.107. The van der Waals surface area contributed by atoms with Crippen molar-refractivity contribution in [1.29, 1.82) is 0 Å². The quantitative estimate of drug-likeness (QED) is 0.911. The van der Waals surface area contributed by atoms with E-state index in [4.69, 9.17) is 4.52 Å². The lowest BCUT2D eigenvalue weighted by atomic mass is 9.97. The first kappa shape index (κ1) is 14.6. The molecule has 0 fully saturated rings. The Balaban J connectivity index is 1.96. The maximum atomic E-state index is 5.27. The summed E-state index contributed by atoms with van der Waals surface area (Å²) in [6, 6.07) is 8.45. The molecule has 1 heterocycles. The van der Waals surface area contributed by atoms with Crippen LogP contribution < -0.4 is 5.32 Å². The second-order valence-electron chi connectivity index (χ2n) is 6.40. The smallest absolute Gasteiger partial charge is 0.232 e. The Morgan fingerprint density at radius 1 is 1.15 bits per heavy atom. The Bertz CT molecular complexity index is 550. The lowest BCUT2D eigenvalue weighted by Gasteiger charge is -2.10. The van der Waals surface area contributed by atoms with Crippen molar-refractivity contribution in [2.45, 2.75) is 52.5 Å². The van der Waals surface area contributed by atoms with Crippen molar-refractivity contribution in [3.8, 4) is 0 Å². The van der Waals surface area contributed by atoms with Crippen LogP contribution >= 0.6 is 0 Å². The topological polar surface area (TPSA) is 51.0 Å². The number of hydrogen-bond acceptors (Lipinski definition) is 4. The molecule has 2 aromatic rings. The predicted octanol–water partition coefficient (Wildman–Crippen LogP) is 4.10. The molecule has 1 N–H and O–H groups in total. The van der Waals surface area contributed by atoms with Crippen LogP contribution in [-0.4, -0.2) is 10.1 Å². The molecule has 0 aliphatic heterocycles. The minimum Gasteiger partial charge on any atom is -0.378 e. The first-order chi connectivity index (χ1) is 9.36. The SMILES string of the molecule is CC(C)c1ccc(NCc2noc(C(C)(C)C)n2)cc1. The number of nitrogens with one attached hydrogen (secondary N) is 1. The standard InChI is InChI=1S/C16H23N3O/c1-11(2)12-6-8-13(9-7-12)17-10-14-18-15(20-19-14)16(3,4)5/h6-9,11,17H,10H2,1-5H3. The fourth-order valence-corrected chi connectivity index (χ4v) is 1.80. The van der Waals surface area contributed by atoms with E-state index in [1.165, 1.54) is 5.56 Å². The molecule has 4 nitrogen and oxygen atoms in total. The molecule has 0 aliphatic rings. The zero-order valence-electron chi connectivity index (χ0n) is 12.9. The van der Waals surface area contributed by atoms with Crippen LogP contribution in [0.5, 0.6) is 0 Å². The number of rotatable bonds is 4. The van der Waals surface area contributed by atoms with Crippen molar-refractivity contribution >= 4 is 5.69 Å². The third kappa shape index (κ3) is 3.59. The molecule has 0 saturated carbocycles. The van der Waals surface area contributed by atoms with Gasteiger partial charge in [0.05, 0.1) is 6.54 Å². The summed E-state index contributed by atoms with van der Waals surface area (Å²) in [5, 5.41) is 7.30. The molecule has 0 bridgehead atoms. The van der Waals surface area contributed by atoms with Gasteiger partial charge in [0.2, 0.25) is 5.89 Å². The van der Waals surface area contributed by atoms with Crippen molar-refractivity contribution in [3.63, 3.8) is 0 Å².